The summed E-state index contributed by atoms with van der Waals surface area (Å²) in [5.41, 5.74) is 0. The van der Waals surface area contributed by atoms with Gasteiger partial charge >= 0.3 is 0 Å². The van der Waals surface area contributed by atoms with Gasteiger partial charge in [-0.25, -0.2) is 8.42 Å². The SMILES string of the molecule is CCS(=O)(=O)N1CC=C[C@H]1C(=O)NC1CCCCC1. The van der Waals surface area contributed by atoms with E-state index in [-0.39, 0.29) is 17.7 Å². The molecule has 1 aliphatic heterocycles. The van der Waals surface area contributed by atoms with Crippen LogP contribution in [0.3, 0.4) is 0 Å². The number of carbonyl (C=O) groups is 1. The second-order valence-electron chi connectivity index (χ2n) is 5.19. The highest BCUT2D eigenvalue weighted by molar-refractivity contribution is 7.89. The fourth-order valence-electron chi connectivity index (χ4n) is 2.71. The largest absolute Gasteiger partial charge is 0.352 e. The summed E-state index contributed by atoms with van der Waals surface area (Å²) in [5, 5.41) is 2.99. The van der Waals surface area contributed by atoms with Crippen molar-refractivity contribution in [3.63, 3.8) is 0 Å². The van der Waals surface area contributed by atoms with E-state index < -0.39 is 16.1 Å². The van der Waals surface area contributed by atoms with Gasteiger partial charge in [-0.2, -0.15) is 4.31 Å². The highest BCUT2D eigenvalue weighted by Gasteiger charge is 2.35. The summed E-state index contributed by atoms with van der Waals surface area (Å²) in [5.74, 6) is -0.153. The first-order chi connectivity index (χ1) is 9.04. The fraction of sp³-hybridized carbons (Fsp3) is 0.769. The second kappa shape index (κ2) is 6.05. The number of amides is 1. The summed E-state index contributed by atoms with van der Waals surface area (Å²) < 4.78 is 25.1. The van der Waals surface area contributed by atoms with Crippen LogP contribution in [0.15, 0.2) is 12.2 Å². The van der Waals surface area contributed by atoms with Crippen molar-refractivity contribution in [1.82, 2.24) is 9.62 Å². The number of rotatable bonds is 4. The summed E-state index contributed by atoms with van der Waals surface area (Å²) in [6.07, 6.45) is 8.95. The zero-order chi connectivity index (χ0) is 13.9. The van der Waals surface area contributed by atoms with Crippen molar-refractivity contribution < 1.29 is 13.2 Å². The monoisotopic (exact) mass is 286 g/mol. The molecule has 1 aliphatic carbocycles. The van der Waals surface area contributed by atoms with Gasteiger partial charge in [0, 0.05) is 12.6 Å². The van der Waals surface area contributed by atoms with Crippen LogP contribution < -0.4 is 5.32 Å². The van der Waals surface area contributed by atoms with E-state index in [2.05, 4.69) is 5.32 Å². The van der Waals surface area contributed by atoms with E-state index in [0.29, 0.717) is 6.54 Å². The molecular weight excluding hydrogens is 264 g/mol. The van der Waals surface area contributed by atoms with Crippen LogP contribution in [0, 0.1) is 0 Å². The van der Waals surface area contributed by atoms with E-state index in [9.17, 15) is 13.2 Å². The van der Waals surface area contributed by atoms with E-state index >= 15 is 0 Å². The highest BCUT2D eigenvalue weighted by Crippen LogP contribution is 2.20. The number of nitrogens with one attached hydrogen (secondary N) is 1. The molecule has 1 fully saturated rings. The van der Waals surface area contributed by atoms with Crippen molar-refractivity contribution in [3.05, 3.63) is 12.2 Å². The summed E-state index contributed by atoms with van der Waals surface area (Å²) in [6, 6.07) is -0.451. The van der Waals surface area contributed by atoms with Crippen LogP contribution in [0.2, 0.25) is 0 Å². The van der Waals surface area contributed by atoms with Crippen molar-refractivity contribution in [2.75, 3.05) is 12.3 Å². The van der Waals surface area contributed by atoms with E-state index in [1.54, 1.807) is 19.1 Å². The van der Waals surface area contributed by atoms with Gasteiger partial charge in [-0.15, -0.1) is 0 Å². The molecule has 0 aromatic rings. The normalized spacial score (nSPS) is 25.6. The first kappa shape index (κ1) is 14.5. The lowest BCUT2D eigenvalue weighted by Crippen LogP contribution is -2.49. The predicted molar refractivity (Wildman–Crippen MR) is 74.1 cm³/mol. The number of nitrogens with zero attached hydrogens (tertiary/aromatic N) is 1. The molecule has 0 unspecified atom stereocenters. The zero-order valence-corrected chi connectivity index (χ0v) is 12.2. The second-order valence-corrected chi connectivity index (χ2v) is 7.40. The molecule has 0 aromatic carbocycles. The average Bonchev–Trinajstić information content (AvgIpc) is 2.90. The van der Waals surface area contributed by atoms with Gasteiger partial charge in [0.25, 0.3) is 0 Å². The number of hydrogen-bond acceptors (Lipinski definition) is 3. The Hall–Kier alpha value is -0.880. The maximum absolute atomic E-state index is 12.2. The lowest BCUT2D eigenvalue weighted by atomic mass is 9.95. The fourth-order valence-corrected chi connectivity index (χ4v) is 3.86. The molecule has 0 bridgehead atoms. The molecule has 1 heterocycles. The van der Waals surface area contributed by atoms with Gasteiger partial charge in [0.05, 0.1) is 5.75 Å². The van der Waals surface area contributed by atoms with Gasteiger partial charge in [-0.05, 0) is 19.8 Å². The van der Waals surface area contributed by atoms with Crippen molar-refractivity contribution in [2.45, 2.75) is 51.1 Å². The Labute approximate surface area is 115 Å². The molecule has 0 spiro atoms. The lowest BCUT2D eigenvalue weighted by molar-refractivity contribution is -0.124. The summed E-state index contributed by atoms with van der Waals surface area (Å²) in [4.78, 5) is 12.2. The molecule has 0 aromatic heterocycles. The third-order valence-electron chi connectivity index (χ3n) is 3.86. The van der Waals surface area contributed by atoms with Gasteiger partial charge in [-0.1, -0.05) is 31.4 Å². The third kappa shape index (κ3) is 3.36. The molecule has 1 N–H and O–H groups in total. The molecule has 1 saturated carbocycles. The summed E-state index contributed by atoms with van der Waals surface area (Å²) in [6.45, 7) is 1.91. The quantitative estimate of drug-likeness (QED) is 0.785. The molecule has 6 heteroatoms. The number of hydrogen-bond donors (Lipinski definition) is 1. The van der Waals surface area contributed by atoms with Crippen molar-refractivity contribution in [2.24, 2.45) is 0 Å². The van der Waals surface area contributed by atoms with Crippen LogP contribution in [0.5, 0.6) is 0 Å². The minimum atomic E-state index is -3.32. The summed E-state index contributed by atoms with van der Waals surface area (Å²) in [7, 11) is -3.32. The Kier molecular flexibility index (Phi) is 4.62. The maximum atomic E-state index is 12.2. The minimum Gasteiger partial charge on any atom is -0.352 e. The zero-order valence-electron chi connectivity index (χ0n) is 11.3. The van der Waals surface area contributed by atoms with Crippen LogP contribution in [0.4, 0.5) is 0 Å². The molecule has 2 rings (SSSR count). The third-order valence-corrected chi connectivity index (χ3v) is 5.68. The van der Waals surface area contributed by atoms with Crippen LogP contribution in [0.25, 0.3) is 0 Å². The van der Waals surface area contributed by atoms with Crippen molar-refractivity contribution in [1.29, 1.82) is 0 Å². The topological polar surface area (TPSA) is 66.5 Å². The van der Waals surface area contributed by atoms with Crippen molar-refractivity contribution >= 4 is 15.9 Å². The molecule has 0 saturated heterocycles. The molecule has 1 amide bonds. The molecular formula is C13H22N2O3S. The van der Waals surface area contributed by atoms with Gasteiger partial charge in [0.1, 0.15) is 6.04 Å². The Balaban J connectivity index is 1.99. The maximum Gasteiger partial charge on any atom is 0.242 e. The Morgan fingerprint density at radius 3 is 2.63 bits per heavy atom. The Morgan fingerprint density at radius 1 is 1.32 bits per heavy atom. The molecule has 5 nitrogen and oxygen atoms in total. The van der Waals surface area contributed by atoms with E-state index in [0.717, 1.165) is 25.7 Å². The number of sulfonamides is 1. The molecule has 1 atom stereocenters. The first-order valence-corrected chi connectivity index (χ1v) is 8.62. The van der Waals surface area contributed by atoms with E-state index in [1.807, 2.05) is 0 Å². The Bertz CT molecular complexity index is 453. The minimum absolute atomic E-state index is 0.0297. The molecule has 108 valence electrons. The van der Waals surface area contributed by atoms with Crippen LogP contribution in [-0.2, 0) is 14.8 Å². The van der Waals surface area contributed by atoms with Gasteiger partial charge in [0.2, 0.25) is 15.9 Å². The molecule has 2 aliphatic rings. The average molecular weight is 286 g/mol. The number of carbonyl (C=O) groups excluding carboxylic acids is 1. The smallest absolute Gasteiger partial charge is 0.242 e. The van der Waals surface area contributed by atoms with Crippen LogP contribution >= 0.6 is 0 Å². The summed E-state index contributed by atoms with van der Waals surface area (Å²) >= 11 is 0. The molecule has 0 radical (unpaired) electrons. The van der Waals surface area contributed by atoms with Crippen LogP contribution in [0.1, 0.15) is 39.0 Å². The van der Waals surface area contributed by atoms with E-state index in [4.69, 9.17) is 0 Å². The highest BCUT2D eigenvalue weighted by atomic mass is 32.2. The first-order valence-electron chi connectivity index (χ1n) is 7.01. The Morgan fingerprint density at radius 2 is 2.00 bits per heavy atom. The van der Waals surface area contributed by atoms with Gasteiger partial charge in [0.15, 0.2) is 0 Å². The van der Waals surface area contributed by atoms with Crippen LogP contribution in [-0.4, -0.2) is 43.0 Å². The van der Waals surface area contributed by atoms with Gasteiger partial charge < -0.3 is 5.32 Å². The van der Waals surface area contributed by atoms with Gasteiger partial charge in [-0.3, -0.25) is 4.79 Å². The molecule has 19 heavy (non-hydrogen) atoms. The van der Waals surface area contributed by atoms with Crippen molar-refractivity contribution in [3.8, 4) is 0 Å². The predicted octanol–water partition coefficient (Wildman–Crippen LogP) is 1.03. The lowest BCUT2D eigenvalue weighted by Gasteiger charge is -2.27. The standard InChI is InChI=1S/C13H22N2O3S/c1-2-19(17,18)15-10-6-9-12(15)13(16)14-11-7-4-3-5-8-11/h6,9,11-12H,2-5,7-8,10H2,1H3,(H,14,16)/t12-/m0/s1. The van der Waals surface area contributed by atoms with E-state index in [1.165, 1.54) is 10.7 Å².